The molecule has 0 aromatic rings. The van der Waals surface area contributed by atoms with Gasteiger partial charge in [0.15, 0.2) is 16.6 Å². The molecule has 0 radical (unpaired) electrons. The average molecular weight is 291 g/mol. The van der Waals surface area contributed by atoms with E-state index in [0.29, 0.717) is 6.61 Å². The third-order valence-corrected chi connectivity index (χ3v) is 7.77. The first kappa shape index (κ1) is 18.4. The van der Waals surface area contributed by atoms with Gasteiger partial charge in [-0.05, 0) is 51.6 Å². The van der Waals surface area contributed by atoms with Crippen LogP contribution in [0.4, 0.5) is 0 Å². The van der Waals surface area contributed by atoms with E-state index >= 15 is 0 Å². The van der Waals surface area contributed by atoms with Crippen molar-refractivity contribution in [3.05, 3.63) is 0 Å². The topological polar surface area (TPSA) is 29.5 Å². The normalized spacial score (nSPS) is 18.2. The lowest BCUT2D eigenvalue weighted by molar-refractivity contribution is 0.230. The third-order valence-electron chi connectivity index (χ3n) is 2.87. The minimum absolute atomic E-state index is 0.394. The molecule has 1 rings (SSSR count). The first-order valence-electron chi connectivity index (χ1n) is 7.45. The molecule has 0 atom stereocenters. The molecular weight excluding hydrogens is 256 g/mol. The smallest absolute Gasteiger partial charge is 0.170 e. The van der Waals surface area contributed by atoms with Crippen molar-refractivity contribution < 1.29 is 9.22 Å². The van der Waals surface area contributed by atoms with Gasteiger partial charge in [-0.25, -0.2) is 0 Å². The van der Waals surface area contributed by atoms with Crippen LogP contribution in [-0.4, -0.2) is 28.3 Å². The van der Waals surface area contributed by atoms with Crippen molar-refractivity contribution in [1.82, 2.24) is 0 Å². The molecule has 0 aromatic carbocycles. The second kappa shape index (κ2) is 8.51. The van der Waals surface area contributed by atoms with E-state index in [0.717, 1.165) is 12.3 Å². The Morgan fingerprint density at radius 1 is 0.889 bits per heavy atom. The molecule has 0 amide bonds. The van der Waals surface area contributed by atoms with Gasteiger partial charge < -0.3 is 9.22 Å². The summed E-state index contributed by atoms with van der Waals surface area (Å²) in [5.74, 6) is 0.851. The average Bonchev–Trinajstić information content (AvgIpc) is 2.15. The summed E-state index contributed by atoms with van der Waals surface area (Å²) in [4.78, 5) is 0. The van der Waals surface area contributed by atoms with E-state index in [1.807, 2.05) is 0 Å². The molecule has 0 aromatic heterocycles. The monoisotopic (exact) mass is 290 g/mol. The van der Waals surface area contributed by atoms with E-state index in [-0.39, 0.29) is 0 Å². The Balaban J connectivity index is 0.000000321. The lowest BCUT2D eigenvalue weighted by Gasteiger charge is -2.27. The van der Waals surface area contributed by atoms with Crippen molar-refractivity contribution in [2.75, 3.05) is 6.61 Å². The minimum atomic E-state index is -1.23. The van der Waals surface area contributed by atoms with E-state index in [1.54, 1.807) is 0 Å². The van der Waals surface area contributed by atoms with E-state index in [1.165, 1.54) is 32.1 Å². The zero-order valence-corrected chi connectivity index (χ0v) is 15.4. The van der Waals surface area contributed by atoms with E-state index in [2.05, 4.69) is 39.3 Å². The van der Waals surface area contributed by atoms with Crippen LogP contribution in [0.3, 0.4) is 0 Å². The molecule has 0 heterocycles. The number of hydrogen-bond donors (Lipinski definition) is 1. The lowest BCUT2D eigenvalue weighted by Crippen LogP contribution is -2.39. The van der Waals surface area contributed by atoms with Crippen molar-refractivity contribution in [2.24, 2.45) is 5.92 Å². The van der Waals surface area contributed by atoms with Gasteiger partial charge in [-0.3, -0.25) is 0 Å². The lowest BCUT2D eigenvalue weighted by atomic mass is 9.87. The summed E-state index contributed by atoms with van der Waals surface area (Å²) in [6.07, 6.45) is 7.97. The van der Waals surface area contributed by atoms with Crippen LogP contribution in [-0.2, 0) is 4.12 Å². The van der Waals surface area contributed by atoms with Crippen molar-refractivity contribution in [1.29, 1.82) is 0 Å². The molecule has 2 nitrogen and oxygen atoms in total. The summed E-state index contributed by atoms with van der Waals surface area (Å²) in [6.45, 7) is 13.8. The highest BCUT2D eigenvalue weighted by Gasteiger charge is 2.24. The predicted octanol–water partition coefficient (Wildman–Crippen LogP) is 4.62. The summed E-state index contributed by atoms with van der Waals surface area (Å²) in [7, 11) is -2.46. The fraction of sp³-hybridized carbons (Fsp3) is 1.00. The molecule has 1 fully saturated rings. The van der Waals surface area contributed by atoms with Crippen LogP contribution in [0.1, 0.15) is 38.5 Å². The van der Waals surface area contributed by atoms with Crippen LogP contribution >= 0.6 is 0 Å². The molecule has 0 spiro atoms. The number of aliphatic hydroxyl groups excluding tert-OH is 1. The Morgan fingerprint density at radius 3 is 1.61 bits per heavy atom. The van der Waals surface area contributed by atoms with Gasteiger partial charge in [0.05, 0.1) is 0 Å². The van der Waals surface area contributed by atoms with Gasteiger partial charge in [0.2, 0.25) is 0 Å². The second-order valence-corrected chi connectivity index (χ2v) is 16.6. The summed E-state index contributed by atoms with van der Waals surface area (Å²) in [5.41, 5.74) is 0. The van der Waals surface area contributed by atoms with Crippen molar-refractivity contribution in [3.63, 3.8) is 0 Å². The Labute approximate surface area is 116 Å². The number of hydrogen-bond acceptors (Lipinski definition) is 2. The van der Waals surface area contributed by atoms with Crippen LogP contribution in [0.2, 0.25) is 39.3 Å². The third kappa shape index (κ3) is 12.8. The van der Waals surface area contributed by atoms with Crippen LogP contribution in [0.15, 0.2) is 0 Å². The van der Waals surface area contributed by atoms with Crippen molar-refractivity contribution in [3.8, 4) is 0 Å². The van der Waals surface area contributed by atoms with Crippen LogP contribution < -0.4 is 0 Å². The fourth-order valence-electron chi connectivity index (χ4n) is 2.58. The summed E-state index contributed by atoms with van der Waals surface area (Å²) < 4.78 is 5.90. The number of aliphatic hydroxyl groups is 1. The van der Waals surface area contributed by atoms with E-state index in [9.17, 15) is 0 Å². The minimum Gasteiger partial charge on any atom is -0.456 e. The molecule has 0 aliphatic heterocycles. The largest absolute Gasteiger partial charge is 0.456 e. The van der Waals surface area contributed by atoms with Crippen LogP contribution in [0.25, 0.3) is 0 Å². The molecule has 1 N–H and O–H groups in total. The summed E-state index contributed by atoms with van der Waals surface area (Å²) in [5, 5.41) is 8.62. The highest BCUT2D eigenvalue weighted by Crippen LogP contribution is 2.25. The van der Waals surface area contributed by atoms with Crippen LogP contribution in [0.5, 0.6) is 0 Å². The molecule has 1 saturated carbocycles. The van der Waals surface area contributed by atoms with Gasteiger partial charge in [-0.2, -0.15) is 0 Å². The zero-order chi connectivity index (χ0) is 14.2. The van der Waals surface area contributed by atoms with Crippen LogP contribution in [0, 0.1) is 5.92 Å². The maximum atomic E-state index is 8.62. The molecule has 1 aliphatic carbocycles. The quantitative estimate of drug-likeness (QED) is 0.765. The van der Waals surface area contributed by atoms with Crippen molar-refractivity contribution >= 4 is 16.6 Å². The fourth-order valence-corrected chi connectivity index (χ4v) is 9.93. The first-order chi connectivity index (χ1) is 8.14. The summed E-state index contributed by atoms with van der Waals surface area (Å²) >= 11 is 0. The molecule has 110 valence electrons. The van der Waals surface area contributed by atoms with Gasteiger partial charge in [0.25, 0.3) is 0 Å². The second-order valence-electron chi connectivity index (χ2n) is 7.34. The molecule has 18 heavy (non-hydrogen) atoms. The molecule has 1 aliphatic rings. The first-order valence-corrected chi connectivity index (χ1v) is 14.3. The van der Waals surface area contributed by atoms with E-state index in [4.69, 9.17) is 9.22 Å². The molecule has 4 heteroatoms. The maximum Gasteiger partial charge on any atom is 0.170 e. The maximum absolute atomic E-state index is 8.62. The molecule has 0 saturated heterocycles. The Kier molecular flexibility index (Phi) is 8.68. The highest BCUT2D eigenvalue weighted by molar-refractivity contribution is 6.83. The Hall–Kier alpha value is 0.354. The summed E-state index contributed by atoms with van der Waals surface area (Å²) in [6, 6.07) is 0. The van der Waals surface area contributed by atoms with Gasteiger partial charge in [0.1, 0.15) is 0 Å². The molecule has 0 unspecified atom stereocenters. The van der Waals surface area contributed by atoms with Gasteiger partial charge >= 0.3 is 0 Å². The predicted molar refractivity (Wildman–Crippen MR) is 86.1 cm³/mol. The standard InChI is InChI=1S/C8H16O.C6H18OSi2/c9-7-6-8-4-2-1-3-5-8;1-8(2,3)7-9(4,5)6/h8-9H,1-7H2;1-6H3. The SMILES string of the molecule is C[Si](C)(C)O[Si](C)(C)C.OCCC1CCCCC1. The highest BCUT2D eigenvalue weighted by atomic mass is 28.4. The number of rotatable bonds is 4. The molecule has 0 bridgehead atoms. The molecular formula is C14H34O2Si2. The van der Waals surface area contributed by atoms with Crippen molar-refractivity contribution in [2.45, 2.75) is 77.8 Å². The van der Waals surface area contributed by atoms with E-state index < -0.39 is 16.6 Å². The van der Waals surface area contributed by atoms with Gasteiger partial charge in [-0.1, -0.05) is 32.1 Å². The Bertz CT molecular complexity index is 186. The zero-order valence-electron chi connectivity index (χ0n) is 13.4. The van der Waals surface area contributed by atoms with Gasteiger partial charge in [0, 0.05) is 6.61 Å². The Morgan fingerprint density at radius 2 is 1.33 bits per heavy atom. The van der Waals surface area contributed by atoms with Gasteiger partial charge in [-0.15, -0.1) is 0 Å².